The first kappa shape index (κ1) is 20.9. The largest absolute Gasteiger partial charge is 0.350 e. The first-order valence-electron chi connectivity index (χ1n) is 8.63. The van der Waals surface area contributed by atoms with Crippen molar-refractivity contribution in [1.29, 1.82) is 0 Å². The van der Waals surface area contributed by atoms with Gasteiger partial charge in [0.25, 0.3) is 5.91 Å². The van der Waals surface area contributed by atoms with Crippen LogP contribution < -0.4 is 16.0 Å². The Hall–Kier alpha value is -2.44. The third-order valence-electron chi connectivity index (χ3n) is 3.90. The number of thiocarbonyl (C=S) groups is 1. The Morgan fingerprint density at radius 2 is 1.85 bits per heavy atom. The van der Waals surface area contributed by atoms with Gasteiger partial charge in [0.1, 0.15) is 0 Å². The minimum Gasteiger partial charge on any atom is -0.350 e. The lowest BCUT2D eigenvalue weighted by molar-refractivity contribution is -0.119. The highest BCUT2D eigenvalue weighted by molar-refractivity contribution is 7.80. The van der Waals surface area contributed by atoms with E-state index in [1.54, 1.807) is 48.5 Å². The van der Waals surface area contributed by atoms with Crippen LogP contribution in [0.15, 0.2) is 48.5 Å². The number of hydrogen-bond acceptors (Lipinski definition) is 3. The van der Waals surface area contributed by atoms with Crippen LogP contribution in [0.3, 0.4) is 0 Å². The van der Waals surface area contributed by atoms with Crippen molar-refractivity contribution in [2.24, 2.45) is 0 Å². The Morgan fingerprint density at radius 3 is 2.52 bits per heavy atom. The smallest absolute Gasteiger partial charge is 0.251 e. The molecule has 0 radical (unpaired) electrons. The molecule has 0 aliphatic heterocycles. The third kappa shape index (κ3) is 7.00. The van der Waals surface area contributed by atoms with E-state index in [0.717, 1.165) is 12.0 Å². The van der Waals surface area contributed by atoms with Gasteiger partial charge in [0.05, 0.1) is 6.42 Å². The summed E-state index contributed by atoms with van der Waals surface area (Å²) in [5.41, 5.74) is 1.99. The van der Waals surface area contributed by atoms with Crippen molar-refractivity contribution in [2.75, 3.05) is 5.32 Å². The van der Waals surface area contributed by atoms with E-state index in [2.05, 4.69) is 16.0 Å². The Kier molecular flexibility index (Phi) is 7.76. The van der Waals surface area contributed by atoms with E-state index in [0.29, 0.717) is 16.3 Å². The van der Waals surface area contributed by atoms with Crippen molar-refractivity contribution in [2.45, 2.75) is 32.7 Å². The summed E-state index contributed by atoms with van der Waals surface area (Å²) in [6.07, 6.45) is 1.05. The Bertz CT molecular complexity index is 824. The van der Waals surface area contributed by atoms with Crippen LogP contribution in [0.4, 0.5) is 5.69 Å². The van der Waals surface area contributed by atoms with Crippen LogP contribution in [0.1, 0.15) is 36.2 Å². The predicted octanol–water partition coefficient (Wildman–Crippen LogP) is 3.92. The van der Waals surface area contributed by atoms with Gasteiger partial charge < -0.3 is 16.0 Å². The van der Waals surface area contributed by atoms with Gasteiger partial charge in [-0.2, -0.15) is 0 Å². The predicted molar refractivity (Wildman–Crippen MR) is 113 cm³/mol. The van der Waals surface area contributed by atoms with Gasteiger partial charge in [-0.1, -0.05) is 36.7 Å². The topological polar surface area (TPSA) is 70.2 Å². The summed E-state index contributed by atoms with van der Waals surface area (Å²) in [5, 5.41) is 9.26. The number of carbonyl (C=O) groups excluding carboxylic acids is 2. The molecule has 1 atom stereocenters. The molecule has 142 valence electrons. The van der Waals surface area contributed by atoms with Gasteiger partial charge in [-0.15, -0.1) is 0 Å². The van der Waals surface area contributed by atoms with Gasteiger partial charge in [-0.25, -0.2) is 0 Å². The number of nitrogens with one attached hydrogen (secondary N) is 3. The Labute approximate surface area is 169 Å². The second-order valence-corrected chi connectivity index (χ2v) is 7.01. The van der Waals surface area contributed by atoms with Crippen molar-refractivity contribution in [1.82, 2.24) is 10.6 Å². The van der Waals surface area contributed by atoms with Crippen molar-refractivity contribution < 1.29 is 9.59 Å². The van der Waals surface area contributed by atoms with Crippen molar-refractivity contribution in [3.8, 4) is 0 Å². The van der Waals surface area contributed by atoms with E-state index in [4.69, 9.17) is 23.8 Å². The zero-order valence-electron chi connectivity index (χ0n) is 15.2. The Balaban J connectivity index is 1.91. The first-order valence-corrected chi connectivity index (χ1v) is 9.42. The standard InChI is InChI=1S/C20H22ClN3O2S/c1-3-13(2)22-19(26)15-5-4-6-17(12-15)23-20(27)24-18(25)11-14-7-9-16(21)10-8-14/h4-10,12-13H,3,11H2,1-2H3,(H,22,26)(H2,23,24,25,27). The summed E-state index contributed by atoms with van der Waals surface area (Å²) < 4.78 is 0. The highest BCUT2D eigenvalue weighted by Crippen LogP contribution is 2.12. The summed E-state index contributed by atoms with van der Waals surface area (Å²) in [4.78, 5) is 24.3. The van der Waals surface area contributed by atoms with Crippen LogP contribution in [0.25, 0.3) is 0 Å². The fourth-order valence-electron chi connectivity index (χ4n) is 2.27. The minimum absolute atomic E-state index is 0.0994. The lowest BCUT2D eigenvalue weighted by Crippen LogP contribution is -2.35. The molecule has 2 rings (SSSR count). The van der Waals surface area contributed by atoms with E-state index in [1.807, 2.05) is 13.8 Å². The average Bonchev–Trinajstić information content (AvgIpc) is 2.63. The summed E-state index contributed by atoms with van der Waals surface area (Å²) >= 11 is 11.0. The van der Waals surface area contributed by atoms with Crippen molar-refractivity contribution in [3.63, 3.8) is 0 Å². The fourth-order valence-corrected chi connectivity index (χ4v) is 2.63. The zero-order chi connectivity index (χ0) is 19.8. The molecular weight excluding hydrogens is 382 g/mol. The summed E-state index contributed by atoms with van der Waals surface area (Å²) in [5.74, 6) is -0.383. The summed E-state index contributed by atoms with van der Waals surface area (Å²) in [6, 6.07) is 14.1. The quantitative estimate of drug-likeness (QED) is 0.639. The van der Waals surface area contributed by atoms with Crippen molar-refractivity contribution >= 4 is 46.4 Å². The lowest BCUT2D eigenvalue weighted by Gasteiger charge is -2.13. The van der Waals surface area contributed by atoms with Gasteiger partial charge in [0, 0.05) is 22.3 Å². The second kappa shape index (κ2) is 10.0. The van der Waals surface area contributed by atoms with E-state index >= 15 is 0 Å². The van der Waals surface area contributed by atoms with Crippen LogP contribution in [-0.2, 0) is 11.2 Å². The molecular formula is C20H22ClN3O2S. The van der Waals surface area contributed by atoms with E-state index in [9.17, 15) is 9.59 Å². The number of rotatable bonds is 6. The zero-order valence-corrected chi connectivity index (χ0v) is 16.8. The van der Waals surface area contributed by atoms with Gasteiger partial charge in [-0.05, 0) is 61.5 Å². The van der Waals surface area contributed by atoms with Crippen LogP contribution in [0.5, 0.6) is 0 Å². The normalized spacial score (nSPS) is 11.4. The lowest BCUT2D eigenvalue weighted by atomic mass is 10.1. The number of anilines is 1. The average molecular weight is 404 g/mol. The van der Waals surface area contributed by atoms with Gasteiger partial charge >= 0.3 is 0 Å². The second-order valence-electron chi connectivity index (χ2n) is 6.17. The number of carbonyl (C=O) groups is 2. The number of amides is 2. The monoisotopic (exact) mass is 403 g/mol. The van der Waals surface area contributed by atoms with E-state index in [-0.39, 0.29) is 29.4 Å². The van der Waals surface area contributed by atoms with Crippen LogP contribution in [-0.4, -0.2) is 23.0 Å². The number of halogens is 1. The summed E-state index contributed by atoms with van der Waals surface area (Å²) in [6.45, 7) is 3.96. The summed E-state index contributed by atoms with van der Waals surface area (Å²) in [7, 11) is 0. The molecule has 3 N–H and O–H groups in total. The maximum Gasteiger partial charge on any atom is 0.251 e. The molecule has 2 aromatic carbocycles. The maximum absolute atomic E-state index is 12.2. The molecule has 0 aliphatic carbocycles. The van der Waals surface area contributed by atoms with Gasteiger partial charge in [0.15, 0.2) is 5.11 Å². The third-order valence-corrected chi connectivity index (χ3v) is 4.36. The molecule has 0 aromatic heterocycles. The van der Waals surface area contributed by atoms with Crippen molar-refractivity contribution in [3.05, 3.63) is 64.7 Å². The van der Waals surface area contributed by atoms with Crippen LogP contribution >= 0.6 is 23.8 Å². The molecule has 0 fully saturated rings. The molecule has 0 saturated carbocycles. The number of benzene rings is 2. The number of hydrogen-bond donors (Lipinski definition) is 3. The van der Waals surface area contributed by atoms with Crippen LogP contribution in [0.2, 0.25) is 5.02 Å². The molecule has 1 unspecified atom stereocenters. The maximum atomic E-state index is 12.2. The van der Waals surface area contributed by atoms with E-state index < -0.39 is 0 Å². The Morgan fingerprint density at radius 1 is 1.15 bits per heavy atom. The fraction of sp³-hybridized carbons (Fsp3) is 0.250. The molecule has 2 amide bonds. The molecule has 7 heteroatoms. The first-order chi connectivity index (χ1) is 12.9. The molecule has 0 heterocycles. The molecule has 2 aromatic rings. The molecule has 27 heavy (non-hydrogen) atoms. The molecule has 5 nitrogen and oxygen atoms in total. The van der Waals surface area contributed by atoms with Gasteiger partial charge in [-0.3, -0.25) is 9.59 Å². The molecule has 0 bridgehead atoms. The van der Waals surface area contributed by atoms with Gasteiger partial charge in [0.2, 0.25) is 5.91 Å². The minimum atomic E-state index is -0.236. The van der Waals surface area contributed by atoms with Crippen LogP contribution in [0, 0.1) is 0 Å². The highest BCUT2D eigenvalue weighted by atomic mass is 35.5. The molecule has 0 spiro atoms. The molecule has 0 saturated heterocycles. The molecule has 0 aliphatic rings. The SMILES string of the molecule is CCC(C)NC(=O)c1cccc(NC(=S)NC(=O)Cc2ccc(Cl)cc2)c1. The highest BCUT2D eigenvalue weighted by Gasteiger charge is 2.10. The van der Waals surface area contributed by atoms with E-state index in [1.165, 1.54) is 0 Å².